The summed E-state index contributed by atoms with van der Waals surface area (Å²) in [7, 11) is 0. The number of carbonyl (C=O) groups is 2. The molecule has 1 aliphatic heterocycles. The Morgan fingerprint density at radius 1 is 1.48 bits per heavy atom. The first-order valence-electron chi connectivity index (χ1n) is 6.29. The zero-order chi connectivity index (χ0) is 15.8. The number of halogens is 1. The Kier molecular flexibility index (Phi) is 3.87. The highest BCUT2D eigenvalue weighted by Gasteiger charge is 2.42. The zero-order valence-electron chi connectivity index (χ0n) is 11.6. The lowest BCUT2D eigenvalue weighted by Gasteiger charge is -2.41. The van der Waals surface area contributed by atoms with E-state index in [4.69, 9.17) is 11.6 Å². The van der Waals surface area contributed by atoms with Gasteiger partial charge in [0.2, 0.25) is 5.91 Å². The summed E-state index contributed by atoms with van der Waals surface area (Å²) in [6.45, 7) is 3.77. The van der Waals surface area contributed by atoms with Gasteiger partial charge in [-0.2, -0.15) is 0 Å². The van der Waals surface area contributed by atoms with Crippen molar-refractivity contribution < 1.29 is 14.5 Å². The molecule has 0 aromatic heterocycles. The molecule has 0 spiro atoms. The van der Waals surface area contributed by atoms with Crippen LogP contribution in [0.2, 0.25) is 5.02 Å². The van der Waals surface area contributed by atoms with Gasteiger partial charge in [-0.3, -0.25) is 19.7 Å². The third-order valence-electron chi connectivity index (χ3n) is 3.48. The second kappa shape index (κ2) is 5.33. The fourth-order valence-electron chi connectivity index (χ4n) is 2.24. The third-order valence-corrected chi connectivity index (χ3v) is 3.72. The quantitative estimate of drug-likeness (QED) is 0.663. The van der Waals surface area contributed by atoms with E-state index in [2.05, 4.69) is 5.32 Å². The van der Waals surface area contributed by atoms with Crippen molar-refractivity contribution in [3.8, 4) is 0 Å². The lowest BCUT2D eigenvalue weighted by atomic mass is 9.97. The van der Waals surface area contributed by atoms with Crippen LogP contribution in [0.15, 0.2) is 18.2 Å². The molecular formula is C13H14ClN3O4. The van der Waals surface area contributed by atoms with Crippen molar-refractivity contribution in [2.45, 2.75) is 19.4 Å². The number of nitrogens with one attached hydrogen (secondary N) is 1. The molecule has 8 heteroatoms. The monoisotopic (exact) mass is 311 g/mol. The van der Waals surface area contributed by atoms with E-state index >= 15 is 0 Å². The molecule has 1 aromatic carbocycles. The van der Waals surface area contributed by atoms with Gasteiger partial charge in [0, 0.05) is 24.2 Å². The Morgan fingerprint density at radius 2 is 2.14 bits per heavy atom. The molecule has 2 amide bonds. The van der Waals surface area contributed by atoms with E-state index in [1.165, 1.54) is 23.1 Å². The smallest absolute Gasteiger partial charge is 0.282 e. The molecule has 1 N–H and O–H groups in total. The van der Waals surface area contributed by atoms with Crippen LogP contribution in [0, 0.1) is 10.1 Å². The van der Waals surface area contributed by atoms with E-state index in [9.17, 15) is 19.7 Å². The van der Waals surface area contributed by atoms with Gasteiger partial charge < -0.3 is 10.2 Å². The van der Waals surface area contributed by atoms with Crippen LogP contribution in [-0.4, -0.2) is 40.3 Å². The van der Waals surface area contributed by atoms with Gasteiger partial charge >= 0.3 is 0 Å². The van der Waals surface area contributed by atoms with Gasteiger partial charge in [0.15, 0.2) is 0 Å². The van der Waals surface area contributed by atoms with E-state index in [1.807, 2.05) is 0 Å². The topological polar surface area (TPSA) is 92.6 Å². The highest BCUT2D eigenvalue weighted by molar-refractivity contribution is 6.31. The van der Waals surface area contributed by atoms with Crippen molar-refractivity contribution in [1.82, 2.24) is 10.2 Å². The minimum atomic E-state index is -1.08. The summed E-state index contributed by atoms with van der Waals surface area (Å²) in [4.78, 5) is 36.2. The molecule has 112 valence electrons. The Hall–Kier alpha value is -2.15. The molecule has 0 bridgehead atoms. The highest BCUT2D eigenvalue weighted by Crippen LogP contribution is 2.27. The minimum Gasteiger partial charge on any atom is -0.352 e. The van der Waals surface area contributed by atoms with Crippen molar-refractivity contribution >= 4 is 29.1 Å². The van der Waals surface area contributed by atoms with Gasteiger partial charge in [-0.25, -0.2) is 0 Å². The van der Waals surface area contributed by atoms with Crippen LogP contribution >= 0.6 is 11.6 Å². The van der Waals surface area contributed by atoms with E-state index in [0.29, 0.717) is 6.54 Å². The van der Waals surface area contributed by atoms with Crippen LogP contribution in [-0.2, 0) is 4.79 Å². The summed E-state index contributed by atoms with van der Waals surface area (Å²) in [6, 6.07) is 3.79. The Bertz CT molecular complexity index is 630. The summed E-state index contributed by atoms with van der Waals surface area (Å²) in [5, 5.41) is 13.9. The molecule has 7 nitrogen and oxygen atoms in total. The van der Waals surface area contributed by atoms with E-state index in [1.54, 1.807) is 13.8 Å². The Balaban J connectivity index is 2.47. The number of amides is 2. The molecule has 1 fully saturated rings. The van der Waals surface area contributed by atoms with Crippen molar-refractivity contribution in [3.63, 3.8) is 0 Å². The average molecular weight is 312 g/mol. The van der Waals surface area contributed by atoms with Crippen molar-refractivity contribution in [3.05, 3.63) is 38.9 Å². The Morgan fingerprint density at radius 3 is 2.76 bits per heavy atom. The summed E-state index contributed by atoms with van der Waals surface area (Å²) >= 11 is 5.83. The normalized spacial score (nSPS) is 17.3. The SMILES string of the molecule is CC1(C)C(=O)NCCN1C(=O)c1cc(Cl)ccc1[N+](=O)[O-]. The molecule has 1 heterocycles. The standard InChI is InChI=1S/C13H14ClN3O4/c1-13(2)12(19)15-5-6-16(13)11(18)9-7-8(14)3-4-10(9)17(20)21/h3-4,7H,5-6H2,1-2H3,(H,15,19). The second-order valence-electron chi connectivity index (χ2n) is 5.19. The maximum Gasteiger partial charge on any atom is 0.282 e. The van der Waals surface area contributed by atoms with Gasteiger partial charge in [-0.15, -0.1) is 0 Å². The van der Waals surface area contributed by atoms with Crippen molar-refractivity contribution in [2.24, 2.45) is 0 Å². The van der Waals surface area contributed by atoms with E-state index in [-0.39, 0.29) is 28.7 Å². The number of benzene rings is 1. The summed E-state index contributed by atoms with van der Waals surface area (Å²) < 4.78 is 0. The first-order chi connectivity index (χ1) is 9.75. The van der Waals surface area contributed by atoms with Gasteiger partial charge in [-0.05, 0) is 26.0 Å². The fourth-order valence-corrected chi connectivity index (χ4v) is 2.41. The molecule has 0 unspecified atom stereocenters. The first kappa shape index (κ1) is 15.2. The molecule has 0 radical (unpaired) electrons. The van der Waals surface area contributed by atoms with Crippen LogP contribution in [0.4, 0.5) is 5.69 Å². The number of nitro benzene ring substituents is 1. The molecule has 0 atom stereocenters. The summed E-state index contributed by atoms with van der Waals surface area (Å²) in [5.41, 5.74) is -1.52. The van der Waals surface area contributed by atoms with Gasteiger partial charge in [-0.1, -0.05) is 11.6 Å². The number of piperazine rings is 1. The van der Waals surface area contributed by atoms with Crippen molar-refractivity contribution in [2.75, 3.05) is 13.1 Å². The second-order valence-corrected chi connectivity index (χ2v) is 5.63. The number of hydrogen-bond donors (Lipinski definition) is 1. The maximum absolute atomic E-state index is 12.6. The van der Waals surface area contributed by atoms with Crippen LogP contribution in [0.3, 0.4) is 0 Å². The van der Waals surface area contributed by atoms with Crippen LogP contribution in [0.1, 0.15) is 24.2 Å². The predicted octanol–water partition coefficient (Wildman–Crippen LogP) is 1.60. The predicted molar refractivity (Wildman–Crippen MR) is 76.2 cm³/mol. The lowest BCUT2D eigenvalue weighted by molar-refractivity contribution is -0.385. The van der Waals surface area contributed by atoms with Gasteiger partial charge in [0.05, 0.1) is 4.92 Å². The molecule has 2 rings (SSSR count). The van der Waals surface area contributed by atoms with E-state index in [0.717, 1.165) is 0 Å². The number of carbonyl (C=O) groups excluding carboxylic acids is 2. The number of nitrogens with zero attached hydrogens (tertiary/aromatic N) is 2. The molecule has 0 saturated carbocycles. The molecular weight excluding hydrogens is 298 g/mol. The summed E-state index contributed by atoms with van der Waals surface area (Å²) in [6.07, 6.45) is 0. The van der Waals surface area contributed by atoms with Crippen LogP contribution in [0.25, 0.3) is 0 Å². The molecule has 0 aliphatic carbocycles. The Labute approximate surface area is 126 Å². The van der Waals surface area contributed by atoms with Crippen molar-refractivity contribution in [1.29, 1.82) is 0 Å². The van der Waals surface area contributed by atoms with Crippen LogP contribution in [0.5, 0.6) is 0 Å². The van der Waals surface area contributed by atoms with Gasteiger partial charge in [0.25, 0.3) is 11.6 Å². The molecule has 1 aliphatic rings. The van der Waals surface area contributed by atoms with Crippen LogP contribution < -0.4 is 5.32 Å². The first-order valence-corrected chi connectivity index (χ1v) is 6.67. The van der Waals surface area contributed by atoms with Gasteiger partial charge in [0.1, 0.15) is 11.1 Å². The molecule has 21 heavy (non-hydrogen) atoms. The molecule has 1 saturated heterocycles. The number of nitro groups is 1. The largest absolute Gasteiger partial charge is 0.352 e. The fraction of sp³-hybridized carbons (Fsp3) is 0.385. The zero-order valence-corrected chi connectivity index (χ0v) is 12.3. The third kappa shape index (κ3) is 2.69. The average Bonchev–Trinajstić information content (AvgIpc) is 2.40. The number of rotatable bonds is 2. The van der Waals surface area contributed by atoms with E-state index < -0.39 is 16.4 Å². The summed E-state index contributed by atoms with van der Waals surface area (Å²) in [5.74, 6) is -0.879. The lowest BCUT2D eigenvalue weighted by Crippen LogP contribution is -2.63. The molecule has 1 aromatic rings. The maximum atomic E-state index is 12.6. The highest BCUT2D eigenvalue weighted by atomic mass is 35.5. The number of hydrogen-bond acceptors (Lipinski definition) is 4. The minimum absolute atomic E-state index is 0.115.